The van der Waals surface area contributed by atoms with Gasteiger partial charge in [-0.3, -0.25) is 9.59 Å². The number of hydrogen-bond donors (Lipinski definition) is 1. The maximum absolute atomic E-state index is 12.6. The lowest BCUT2D eigenvalue weighted by molar-refractivity contribution is -0.131. The van der Waals surface area contributed by atoms with Crippen LogP contribution in [0.1, 0.15) is 43.1 Å². The molecule has 0 radical (unpaired) electrons. The number of nitrogens with zero attached hydrogens (tertiary/aromatic N) is 2. The van der Waals surface area contributed by atoms with E-state index in [9.17, 15) is 9.59 Å². The molecule has 0 fully saturated rings. The molecule has 0 aliphatic carbocycles. The number of benzene rings is 2. The highest BCUT2D eigenvalue weighted by molar-refractivity contribution is 6.34. The number of hydrogen-bond acceptors (Lipinski definition) is 3. The summed E-state index contributed by atoms with van der Waals surface area (Å²) in [5, 5.41) is 3.31. The van der Waals surface area contributed by atoms with Gasteiger partial charge in [0.1, 0.15) is 0 Å². The highest BCUT2D eigenvalue weighted by Crippen LogP contribution is 2.26. The first kappa shape index (κ1) is 21.8. The summed E-state index contributed by atoms with van der Waals surface area (Å²) in [7, 11) is 3.92. The standard InChI is InChI=1S/C22H28ClN3O2/c1-6-15(2)26(16(3)27)14-17-13-18(11-12-21(17)25(4)5)24-22(28)19-9-7-8-10-20(19)23/h7-13,15H,6,14H2,1-5H3,(H,24,28)/t15-/m0/s1. The maximum atomic E-state index is 12.6. The second-order valence-electron chi connectivity index (χ2n) is 7.08. The van der Waals surface area contributed by atoms with Gasteiger partial charge in [-0.05, 0) is 49.2 Å². The van der Waals surface area contributed by atoms with Crippen molar-refractivity contribution in [2.24, 2.45) is 0 Å². The predicted molar refractivity (Wildman–Crippen MR) is 116 cm³/mol. The number of anilines is 2. The molecular formula is C22H28ClN3O2. The Labute approximate surface area is 172 Å². The lowest BCUT2D eigenvalue weighted by Gasteiger charge is -2.29. The average Bonchev–Trinajstić information content (AvgIpc) is 2.65. The highest BCUT2D eigenvalue weighted by Gasteiger charge is 2.19. The van der Waals surface area contributed by atoms with Gasteiger partial charge in [-0.15, -0.1) is 0 Å². The third-order valence-electron chi connectivity index (χ3n) is 4.81. The Bertz CT molecular complexity index is 851. The molecule has 0 aliphatic rings. The molecule has 2 aromatic rings. The van der Waals surface area contributed by atoms with Crippen LogP contribution in [0.3, 0.4) is 0 Å². The van der Waals surface area contributed by atoms with Crippen molar-refractivity contribution in [3.8, 4) is 0 Å². The zero-order valence-electron chi connectivity index (χ0n) is 17.1. The van der Waals surface area contributed by atoms with Gasteiger partial charge in [0.25, 0.3) is 5.91 Å². The van der Waals surface area contributed by atoms with Crippen LogP contribution < -0.4 is 10.2 Å². The summed E-state index contributed by atoms with van der Waals surface area (Å²) in [4.78, 5) is 28.6. The molecule has 1 atom stereocenters. The fourth-order valence-corrected chi connectivity index (χ4v) is 3.27. The molecule has 6 heteroatoms. The van der Waals surface area contributed by atoms with E-state index in [1.165, 1.54) is 0 Å². The van der Waals surface area contributed by atoms with Gasteiger partial charge in [0.15, 0.2) is 0 Å². The Hall–Kier alpha value is -2.53. The van der Waals surface area contributed by atoms with Crippen LogP contribution in [0, 0.1) is 0 Å². The van der Waals surface area contributed by atoms with Crippen LogP contribution in [0.4, 0.5) is 11.4 Å². The first-order valence-corrected chi connectivity index (χ1v) is 9.75. The van der Waals surface area contributed by atoms with Gasteiger partial charge in [-0.2, -0.15) is 0 Å². The maximum Gasteiger partial charge on any atom is 0.257 e. The summed E-state index contributed by atoms with van der Waals surface area (Å²) in [5.74, 6) is -0.232. The molecule has 1 N–H and O–H groups in total. The number of halogens is 1. The van der Waals surface area contributed by atoms with Crippen LogP contribution in [0.15, 0.2) is 42.5 Å². The van der Waals surface area contributed by atoms with Crippen molar-refractivity contribution >= 4 is 34.8 Å². The SMILES string of the molecule is CC[C@H](C)N(Cc1cc(NC(=O)c2ccccc2Cl)ccc1N(C)C)C(C)=O. The van der Waals surface area contributed by atoms with Crippen LogP contribution in [-0.2, 0) is 11.3 Å². The van der Waals surface area contributed by atoms with Crippen LogP contribution in [0.5, 0.6) is 0 Å². The van der Waals surface area contributed by atoms with E-state index in [0.29, 0.717) is 22.8 Å². The molecule has 2 aromatic carbocycles. The van der Waals surface area contributed by atoms with Crippen molar-refractivity contribution in [1.29, 1.82) is 0 Å². The zero-order chi connectivity index (χ0) is 20.8. The van der Waals surface area contributed by atoms with E-state index in [-0.39, 0.29) is 17.9 Å². The van der Waals surface area contributed by atoms with Crippen LogP contribution in [-0.4, -0.2) is 36.9 Å². The normalized spacial score (nSPS) is 11.6. The Morgan fingerprint density at radius 1 is 1.14 bits per heavy atom. The van der Waals surface area contributed by atoms with Gasteiger partial charge in [-0.1, -0.05) is 30.7 Å². The molecule has 0 bridgehead atoms. The molecule has 0 aliphatic heterocycles. The van der Waals surface area contributed by atoms with Gasteiger partial charge < -0.3 is 15.1 Å². The monoisotopic (exact) mass is 401 g/mol. The fourth-order valence-electron chi connectivity index (χ4n) is 3.05. The first-order valence-electron chi connectivity index (χ1n) is 9.37. The van der Waals surface area contributed by atoms with E-state index in [2.05, 4.69) is 12.2 Å². The minimum Gasteiger partial charge on any atom is -0.377 e. The summed E-state index contributed by atoms with van der Waals surface area (Å²) in [5.41, 5.74) is 3.06. The average molecular weight is 402 g/mol. The van der Waals surface area contributed by atoms with Crippen molar-refractivity contribution < 1.29 is 9.59 Å². The number of nitrogens with one attached hydrogen (secondary N) is 1. The minimum absolute atomic E-state index is 0.0320. The molecule has 150 valence electrons. The lowest BCUT2D eigenvalue weighted by atomic mass is 10.1. The third-order valence-corrected chi connectivity index (χ3v) is 5.14. The summed E-state index contributed by atoms with van der Waals surface area (Å²) in [6, 6.07) is 12.8. The topological polar surface area (TPSA) is 52.7 Å². The van der Waals surface area contributed by atoms with Crippen LogP contribution >= 0.6 is 11.6 Å². The van der Waals surface area contributed by atoms with Crippen molar-refractivity contribution in [1.82, 2.24) is 4.90 Å². The van der Waals surface area contributed by atoms with E-state index in [0.717, 1.165) is 17.7 Å². The second-order valence-corrected chi connectivity index (χ2v) is 7.48. The Morgan fingerprint density at radius 3 is 2.39 bits per heavy atom. The lowest BCUT2D eigenvalue weighted by Crippen LogP contribution is -2.36. The van der Waals surface area contributed by atoms with E-state index < -0.39 is 0 Å². The molecule has 28 heavy (non-hydrogen) atoms. The number of carbonyl (C=O) groups is 2. The van der Waals surface area contributed by atoms with Gasteiger partial charge in [0.2, 0.25) is 5.91 Å². The van der Waals surface area contributed by atoms with Crippen molar-refractivity contribution in [2.45, 2.75) is 39.8 Å². The molecule has 0 heterocycles. The van der Waals surface area contributed by atoms with E-state index in [4.69, 9.17) is 11.6 Å². The minimum atomic E-state index is -0.264. The molecule has 2 rings (SSSR count). The smallest absolute Gasteiger partial charge is 0.257 e. The Morgan fingerprint density at radius 2 is 1.82 bits per heavy atom. The van der Waals surface area contributed by atoms with Crippen LogP contribution in [0.25, 0.3) is 0 Å². The van der Waals surface area contributed by atoms with Crippen molar-refractivity contribution in [3.63, 3.8) is 0 Å². The predicted octanol–water partition coefficient (Wildman–Crippen LogP) is 4.81. The number of rotatable bonds is 7. The summed E-state index contributed by atoms with van der Waals surface area (Å²) in [6.45, 7) is 6.17. The fraction of sp³-hybridized carbons (Fsp3) is 0.364. The Balaban J connectivity index is 2.33. The molecule has 0 spiro atoms. The summed E-state index contributed by atoms with van der Waals surface area (Å²) >= 11 is 6.13. The molecule has 5 nitrogen and oxygen atoms in total. The second kappa shape index (κ2) is 9.60. The molecular weight excluding hydrogens is 374 g/mol. The third kappa shape index (κ3) is 5.26. The molecule has 0 saturated carbocycles. The van der Waals surface area contributed by atoms with Crippen molar-refractivity contribution in [2.75, 3.05) is 24.3 Å². The number of amides is 2. The zero-order valence-corrected chi connectivity index (χ0v) is 17.9. The molecule has 0 unspecified atom stereocenters. The first-order chi connectivity index (χ1) is 13.2. The van der Waals surface area contributed by atoms with E-state index in [1.807, 2.05) is 49.0 Å². The van der Waals surface area contributed by atoms with Gasteiger partial charge in [0, 0.05) is 45.0 Å². The van der Waals surface area contributed by atoms with Crippen molar-refractivity contribution in [3.05, 3.63) is 58.6 Å². The number of carbonyl (C=O) groups excluding carboxylic acids is 2. The molecule has 0 aromatic heterocycles. The van der Waals surface area contributed by atoms with E-state index >= 15 is 0 Å². The van der Waals surface area contributed by atoms with E-state index in [1.54, 1.807) is 31.2 Å². The largest absolute Gasteiger partial charge is 0.377 e. The van der Waals surface area contributed by atoms with Crippen LogP contribution in [0.2, 0.25) is 5.02 Å². The van der Waals surface area contributed by atoms with Gasteiger partial charge in [0.05, 0.1) is 10.6 Å². The van der Waals surface area contributed by atoms with Gasteiger partial charge in [-0.25, -0.2) is 0 Å². The van der Waals surface area contributed by atoms with Gasteiger partial charge >= 0.3 is 0 Å². The highest BCUT2D eigenvalue weighted by atomic mass is 35.5. The quantitative estimate of drug-likeness (QED) is 0.724. The summed E-state index contributed by atoms with van der Waals surface area (Å²) in [6.07, 6.45) is 0.875. The summed E-state index contributed by atoms with van der Waals surface area (Å²) < 4.78 is 0. The molecule has 2 amide bonds. The Kier molecular flexibility index (Phi) is 7.46. The molecule has 0 saturated heterocycles.